The summed E-state index contributed by atoms with van der Waals surface area (Å²) >= 11 is 1.53. The first-order valence-electron chi connectivity index (χ1n) is 6.95. The number of rotatable bonds is 0. The Morgan fingerprint density at radius 3 is 3.05 bits per heavy atom. The topological polar surface area (TPSA) is 60.9 Å². The minimum absolute atomic E-state index is 0.117. The van der Waals surface area contributed by atoms with Crippen molar-refractivity contribution in [1.29, 1.82) is 0 Å². The lowest BCUT2D eigenvalue weighted by molar-refractivity contribution is 0.615. The SMILES string of the molecule is Nc1ccc2sc3c(=O)n4c(nc3c2c1)CCCCC4. The summed E-state index contributed by atoms with van der Waals surface area (Å²) in [7, 11) is 0. The summed E-state index contributed by atoms with van der Waals surface area (Å²) < 4.78 is 3.71. The number of benzene rings is 1. The molecule has 5 heteroatoms. The van der Waals surface area contributed by atoms with Crippen LogP contribution >= 0.6 is 11.3 Å². The maximum atomic E-state index is 12.7. The Morgan fingerprint density at radius 1 is 1.25 bits per heavy atom. The molecule has 1 aliphatic rings. The van der Waals surface area contributed by atoms with Crippen LogP contribution in [0.5, 0.6) is 0 Å². The smallest absolute Gasteiger partial charge is 0.271 e. The van der Waals surface area contributed by atoms with E-state index in [0.717, 1.165) is 51.9 Å². The fourth-order valence-electron chi connectivity index (χ4n) is 2.94. The van der Waals surface area contributed by atoms with E-state index in [1.165, 1.54) is 17.8 Å². The third-order valence-electron chi connectivity index (χ3n) is 3.96. The lowest BCUT2D eigenvalue weighted by atomic mass is 10.2. The van der Waals surface area contributed by atoms with E-state index in [0.29, 0.717) is 5.69 Å². The van der Waals surface area contributed by atoms with Crippen molar-refractivity contribution in [3.05, 3.63) is 34.4 Å². The van der Waals surface area contributed by atoms with Crippen molar-refractivity contribution in [3.63, 3.8) is 0 Å². The molecule has 1 aliphatic heterocycles. The van der Waals surface area contributed by atoms with Crippen molar-refractivity contribution in [1.82, 2.24) is 9.55 Å². The van der Waals surface area contributed by atoms with Gasteiger partial charge in [0.25, 0.3) is 5.56 Å². The lowest BCUT2D eigenvalue weighted by Gasteiger charge is -2.07. The first-order valence-corrected chi connectivity index (χ1v) is 7.77. The van der Waals surface area contributed by atoms with E-state index in [2.05, 4.69) is 0 Å². The Morgan fingerprint density at radius 2 is 2.15 bits per heavy atom. The van der Waals surface area contributed by atoms with Crippen LogP contribution in [0.2, 0.25) is 0 Å². The van der Waals surface area contributed by atoms with Crippen molar-refractivity contribution >= 4 is 37.3 Å². The van der Waals surface area contributed by atoms with Gasteiger partial charge < -0.3 is 5.73 Å². The molecule has 102 valence electrons. The minimum atomic E-state index is 0.117. The van der Waals surface area contributed by atoms with Crippen LogP contribution in [0.4, 0.5) is 5.69 Å². The molecule has 0 amide bonds. The molecule has 0 fully saturated rings. The average molecular weight is 285 g/mol. The van der Waals surface area contributed by atoms with Gasteiger partial charge in [0.2, 0.25) is 0 Å². The fourth-order valence-corrected chi connectivity index (χ4v) is 4.01. The molecular formula is C15H15N3OS. The van der Waals surface area contributed by atoms with Gasteiger partial charge in [0, 0.05) is 28.7 Å². The van der Waals surface area contributed by atoms with Crippen molar-refractivity contribution in [2.24, 2.45) is 0 Å². The van der Waals surface area contributed by atoms with E-state index >= 15 is 0 Å². The molecule has 0 unspecified atom stereocenters. The van der Waals surface area contributed by atoms with Crippen LogP contribution < -0.4 is 11.3 Å². The Hall–Kier alpha value is -1.88. The monoisotopic (exact) mass is 285 g/mol. The standard InChI is InChI=1S/C15H15N3OS/c16-9-5-6-11-10(8-9)13-14(20-11)15(19)18-7-3-1-2-4-12(18)17-13/h5-6,8H,1-4,7,16H2. The van der Waals surface area contributed by atoms with Crippen molar-refractivity contribution < 1.29 is 0 Å². The number of nitrogen functional groups attached to an aromatic ring is 1. The largest absolute Gasteiger partial charge is 0.399 e. The zero-order chi connectivity index (χ0) is 13.7. The normalized spacial score (nSPS) is 15.4. The Labute approximate surface area is 119 Å². The summed E-state index contributed by atoms with van der Waals surface area (Å²) in [6.45, 7) is 0.799. The fraction of sp³-hybridized carbons (Fsp3) is 0.333. The maximum absolute atomic E-state index is 12.7. The van der Waals surface area contributed by atoms with Crippen LogP contribution in [0.1, 0.15) is 25.1 Å². The molecule has 0 atom stereocenters. The molecule has 20 heavy (non-hydrogen) atoms. The highest BCUT2D eigenvalue weighted by molar-refractivity contribution is 7.25. The van der Waals surface area contributed by atoms with Gasteiger partial charge in [-0.2, -0.15) is 0 Å². The van der Waals surface area contributed by atoms with Crippen LogP contribution in [0.15, 0.2) is 23.0 Å². The van der Waals surface area contributed by atoms with E-state index in [9.17, 15) is 4.79 Å². The minimum Gasteiger partial charge on any atom is -0.399 e. The number of aryl methyl sites for hydroxylation is 1. The first-order chi connectivity index (χ1) is 9.74. The third kappa shape index (κ3) is 1.66. The van der Waals surface area contributed by atoms with Crippen LogP contribution in [0.25, 0.3) is 20.3 Å². The van der Waals surface area contributed by atoms with E-state index in [-0.39, 0.29) is 5.56 Å². The molecule has 0 saturated heterocycles. The molecule has 0 aliphatic carbocycles. The second-order valence-electron chi connectivity index (χ2n) is 5.33. The predicted molar refractivity (Wildman–Crippen MR) is 83.4 cm³/mol. The average Bonchev–Trinajstić information content (AvgIpc) is 2.64. The molecule has 2 N–H and O–H groups in total. The van der Waals surface area contributed by atoms with Gasteiger partial charge in [0.15, 0.2) is 0 Å². The number of aromatic nitrogens is 2. The zero-order valence-electron chi connectivity index (χ0n) is 11.1. The number of anilines is 1. The van der Waals surface area contributed by atoms with Crippen molar-refractivity contribution in [3.8, 4) is 0 Å². The van der Waals surface area contributed by atoms with Crippen LogP contribution in [-0.4, -0.2) is 9.55 Å². The number of nitrogens with zero attached hydrogens (tertiary/aromatic N) is 2. The van der Waals surface area contributed by atoms with Gasteiger partial charge in [-0.3, -0.25) is 9.36 Å². The maximum Gasteiger partial charge on any atom is 0.271 e. The van der Waals surface area contributed by atoms with Crippen LogP contribution in [0, 0.1) is 0 Å². The highest BCUT2D eigenvalue weighted by Gasteiger charge is 2.17. The molecule has 0 bridgehead atoms. The summed E-state index contributed by atoms with van der Waals surface area (Å²) in [5.74, 6) is 0.933. The predicted octanol–water partition coefficient (Wildman–Crippen LogP) is 2.92. The quantitative estimate of drug-likeness (QED) is 0.646. The van der Waals surface area contributed by atoms with Gasteiger partial charge in [-0.25, -0.2) is 4.98 Å². The first kappa shape index (κ1) is 11.9. The highest BCUT2D eigenvalue weighted by atomic mass is 32.1. The van der Waals surface area contributed by atoms with Crippen LogP contribution in [-0.2, 0) is 13.0 Å². The number of fused-ring (bicyclic) bond motifs is 4. The molecule has 0 radical (unpaired) electrons. The van der Waals surface area contributed by atoms with Crippen molar-refractivity contribution in [2.75, 3.05) is 5.73 Å². The van der Waals surface area contributed by atoms with Crippen LogP contribution in [0.3, 0.4) is 0 Å². The van der Waals surface area contributed by atoms with E-state index in [4.69, 9.17) is 10.7 Å². The molecule has 4 nitrogen and oxygen atoms in total. The number of hydrogen-bond acceptors (Lipinski definition) is 4. The Bertz CT molecular complexity index is 878. The van der Waals surface area contributed by atoms with E-state index in [1.807, 2.05) is 22.8 Å². The third-order valence-corrected chi connectivity index (χ3v) is 5.11. The number of thiophene rings is 1. The second-order valence-corrected chi connectivity index (χ2v) is 6.38. The van der Waals surface area contributed by atoms with Gasteiger partial charge in [0.05, 0.1) is 5.52 Å². The molecule has 1 aromatic carbocycles. The number of hydrogen-bond donors (Lipinski definition) is 1. The van der Waals surface area contributed by atoms with Gasteiger partial charge in [-0.1, -0.05) is 6.42 Å². The van der Waals surface area contributed by atoms with Gasteiger partial charge in [-0.05, 0) is 31.0 Å². The summed E-state index contributed by atoms with van der Waals surface area (Å²) in [5.41, 5.74) is 7.53. The number of nitrogens with two attached hydrogens (primary N) is 1. The molecule has 3 heterocycles. The van der Waals surface area contributed by atoms with Crippen molar-refractivity contribution in [2.45, 2.75) is 32.2 Å². The molecule has 0 spiro atoms. The van der Waals surface area contributed by atoms with Gasteiger partial charge in [-0.15, -0.1) is 11.3 Å². The van der Waals surface area contributed by atoms with E-state index < -0.39 is 0 Å². The summed E-state index contributed by atoms with van der Waals surface area (Å²) in [6, 6.07) is 5.78. The second kappa shape index (κ2) is 4.31. The summed E-state index contributed by atoms with van der Waals surface area (Å²) in [4.78, 5) is 17.5. The summed E-state index contributed by atoms with van der Waals surface area (Å²) in [5, 5.41) is 1.01. The molecule has 4 rings (SSSR count). The Kier molecular flexibility index (Phi) is 2.57. The van der Waals surface area contributed by atoms with Gasteiger partial charge in [0.1, 0.15) is 10.5 Å². The lowest BCUT2D eigenvalue weighted by Crippen LogP contribution is -2.23. The molecule has 2 aromatic heterocycles. The molecular weight excluding hydrogens is 270 g/mol. The Balaban J connectivity index is 2.13. The zero-order valence-corrected chi connectivity index (χ0v) is 11.9. The highest BCUT2D eigenvalue weighted by Crippen LogP contribution is 2.32. The molecule has 3 aromatic rings. The summed E-state index contributed by atoms with van der Waals surface area (Å²) in [6.07, 6.45) is 4.25. The van der Waals surface area contributed by atoms with Gasteiger partial charge >= 0.3 is 0 Å². The van der Waals surface area contributed by atoms with E-state index in [1.54, 1.807) is 0 Å². The molecule has 0 saturated carbocycles.